The number of carbonyl (C=O) groups excluding carboxylic acids is 2. The molecule has 0 aliphatic carbocycles. The van der Waals surface area contributed by atoms with Crippen LogP contribution >= 0.6 is 15.9 Å². The number of carboxylic acids is 1. The first-order valence-corrected chi connectivity index (χ1v) is 8.68. The zero-order chi connectivity index (χ0) is 17.6. The molecule has 2 aromatic carbocycles. The van der Waals surface area contributed by atoms with Crippen LogP contribution in [0.15, 0.2) is 64.3 Å². The Hall–Kier alpha value is -2.60. The molecule has 25 heavy (non-hydrogen) atoms. The van der Waals surface area contributed by atoms with Crippen molar-refractivity contribution in [1.29, 1.82) is 0 Å². The predicted octanol–water partition coefficient (Wildman–Crippen LogP) is 2.20. The third-order valence-corrected chi connectivity index (χ3v) is 5.05. The van der Waals surface area contributed by atoms with Crippen molar-refractivity contribution in [3.8, 4) is 0 Å². The maximum atomic E-state index is 12.9. The van der Waals surface area contributed by atoms with Crippen LogP contribution in [0, 0.1) is 0 Å². The molecule has 0 unspecified atom stereocenters. The first-order chi connectivity index (χ1) is 12.0. The van der Waals surface area contributed by atoms with Crippen LogP contribution in [0.4, 0.5) is 5.69 Å². The van der Waals surface area contributed by atoms with E-state index in [0.717, 1.165) is 21.3 Å². The van der Waals surface area contributed by atoms with Crippen molar-refractivity contribution in [3.63, 3.8) is 0 Å². The molecular weight excluding hydrogens is 384 g/mol. The normalized spacial score (nSPS) is 18.7. The molecule has 0 saturated carbocycles. The van der Waals surface area contributed by atoms with E-state index in [0.29, 0.717) is 12.2 Å². The van der Waals surface area contributed by atoms with Gasteiger partial charge < -0.3 is 20.1 Å². The minimum Gasteiger partial charge on any atom is -0.550 e. The summed E-state index contributed by atoms with van der Waals surface area (Å²) < 4.78 is 0.921. The zero-order valence-electron chi connectivity index (χ0n) is 13.2. The molecule has 1 N–H and O–H groups in total. The molecular formula is C19H14BrN2O3-. The first kappa shape index (κ1) is 15.9. The number of rotatable bonds is 3. The maximum absolute atomic E-state index is 12.9. The molecule has 1 amide bonds. The quantitative estimate of drug-likeness (QED) is 0.861. The van der Waals surface area contributed by atoms with Crippen molar-refractivity contribution in [1.82, 2.24) is 4.90 Å². The van der Waals surface area contributed by atoms with Gasteiger partial charge in [0.1, 0.15) is 0 Å². The summed E-state index contributed by atoms with van der Waals surface area (Å²) in [5.41, 5.74) is 3.73. The lowest BCUT2D eigenvalue weighted by atomic mass is 9.95. The zero-order valence-corrected chi connectivity index (χ0v) is 14.7. The number of carboxylic acid groups (broad SMARTS) is 1. The molecule has 1 atom stereocenters. The number of aliphatic carboxylic acids is 1. The number of fused-ring (bicyclic) bond motifs is 3. The van der Waals surface area contributed by atoms with E-state index in [2.05, 4.69) is 21.2 Å². The summed E-state index contributed by atoms with van der Waals surface area (Å²) in [7, 11) is 0. The summed E-state index contributed by atoms with van der Waals surface area (Å²) >= 11 is 3.50. The van der Waals surface area contributed by atoms with Crippen LogP contribution < -0.4 is 10.4 Å². The van der Waals surface area contributed by atoms with E-state index in [-0.39, 0.29) is 23.9 Å². The molecule has 2 heterocycles. The molecule has 2 aliphatic rings. The van der Waals surface area contributed by atoms with Crippen LogP contribution in [0.2, 0.25) is 0 Å². The highest BCUT2D eigenvalue weighted by Crippen LogP contribution is 2.42. The Labute approximate surface area is 153 Å². The molecule has 2 aromatic rings. The van der Waals surface area contributed by atoms with E-state index in [1.807, 2.05) is 48.5 Å². The molecule has 2 aliphatic heterocycles. The van der Waals surface area contributed by atoms with Gasteiger partial charge in [-0.05, 0) is 23.8 Å². The monoisotopic (exact) mass is 397 g/mol. The number of nitrogens with one attached hydrogen (secondary N) is 1. The fourth-order valence-electron chi connectivity index (χ4n) is 3.49. The average molecular weight is 398 g/mol. The van der Waals surface area contributed by atoms with Crippen molar-refractivity contribution in [2.45, 2.75) is 12.5 Å². The topological polar surface area (TPSA) is 72.5 Å². The standard InChI is InChI=1S/C19H15BrN2O3/c20-12-6-7-15-13(8-12)18(11-4-2-1-3-5-11)22-10-16(21-15)14(19(22)25)9-17(23)24/h1-8,18,21H,9-10H2,(H,23,24)/p-1/t18-/m0/s1. The van der Waals surface area contributed by atoms with Gasteiger partial charge in [0.15, 0.2) is 0 Å². The number of nitrogens with zero attached hydrogens (tertiary/aromatic N) is 1. The van der Waals surface area contributed by atoms with Gasteiger partial charge in [0.2, 0.25) is 0 Å². The Morgan fingerprint density at radius 2 is 2.00 bits per heavy atom. The third-order valence-electron chi connectivity index (χ3n) is 4.55. The molecule has 0 spiro atoms. The van der Waals surface area contributed by atoms with Gasteiger partial charge in [0.25, 0.3) is 5.91 Å². The number of carbonyl (C=O) groups is 2. The van der Waals surface area contributed by atoms with E-state index in [1.165, 1.54) is 0 Å². The summed E-state index contributed by atoms with van der Waals surface area (Å²) in [6, 6.07) is 15.3. The highest BCUT2D eigenvalue weighted by molar-refractivity contribution is 9.10. The average Bonchev–Trinajstić information content (AvgIpc) is 2.79. The number of anilines is 1. The van der Waals surface area contributed by atoms with E-state index in [9.17, 15) is 14.7 Å². The van der Waals surface area contributed by atoms with E-state index < -0.39 is 5.97 Å². The first-order valence-electron chi connectivity index (χ1n) is 7.89. The third kappa shape index (κ3) is 2.72. The maximum Gasteiger partial charge on any atom is 0.253 e. The molecule has 0 saturated heterocycles. The van der Waals surface area contributed by atoms with Gasteiger partial charge in [0.05, 0.1) is 12.6 Å². The molecule has 0 aromatic heterocycles. The lowest BCUT2D eigenvalue weighted by Crippen LogP contribution is -2.33. The largest absolute Gasteiger partial charge is 0.550 e. The number of halogens is 1. The lowest BCUT2D eigenvalue weighted by molar-refractivity contribution is -0.304. The Kier molecular flexibility index (Phi) is 3.84. The van der Waals surface area contributed by atoms with Crippen LogP contribution in [0.3, 0.4) is 0 Å². The fourth-order valence-corrected chi connectivity index (χ4v) is 3.87. The molecule has 5 nitrogen and oxygen atoms in total. The second-order valence-electron chi connectivity index (χ2n) is 6.11. The van der Waals surface area contributed by atoms with Gasteiger partial charge in [-0.1, -0.05) is 46.3 Å². The number of amides is 1. The number of benzene rings is 2. The van der Waals surface area contributed by atoms with Gasteiger partial charge in [-0.15, -0.1) is 0 Å². The van der Waals surface area contributed by atoms with Crippen LogP contribution in [-0.2, 0) is 9.59 Å². The number of hydrogen-bond acceptors (Lipinski definition) is 4. The minimum absolute atomic E-state index is 0.258. The summed E-state index contributed by atoms with van der Waals surface area (Å²) in [6.07, 6.45) is -0.384. The minimum atomic E-state index is -1.25. The molecule has 6 heteroatoms. The van der Waals surface area contributed by atoms with Crippen LogP contribution in [0.1, 0.15) is 23.6 Å². The van der Waals surface area contributed by atoms with Crippen molar-refractivity contribution in [3.05, 3.63) is 75.4 Å². The Morgan fingerprint density at radius 3 is 2.72 bits per heavy atom. The van der Waals surface area contributed by atoms with E-state index in [1.54, 1.807) is 4.90 Å². The van der Waals surface area contributed by atoms with E-state index in [4.69, 9.17) is 0 Å². The van der Waals surface area contributed by atoms with Crippen LogP contribution in [0.5, 0.6) is 0 Å². The van der Waals surface area contributed by atoms with Gasteiger partial charge in [-0.3, -0.25) is 4.79 Å². The Bertz CT molecular complexity index is 908. The van der Waals surface area contributed by atoms with Crippen molar-refractivity contribution in [2.24, 2.45) is 0 Å². The van der Waals surface area contributed by atoms with Gasteiger partial charge >= 0.3 is 0 Å². The molecule has 2 bridgehead atoms. The predicted molar refractivity (Wildman–Crippen MR) is 94.4 cm³/mol. The SMILES string of the molecule is O=C([O-])CC1=C2CN(C1=O)[C@@H](c1ccccc1)c1cc(Br)ccc1N2. The van der Waals surface area contributed by atoms with Crippen molar-refractivity contribution < 1.29 is 14.7 Å². The summed E-state index contributed by atoms with van der Waals surface area (Å²) in [4.78, 5) is 25.7. The summed E-state index contributed by atoms with van der Waals surface area (Å²) in [6.45, 7) is 0.354. The second-order valence-corrected chi connectivity index (χ2v) is 7.02. The highest BCUT2D eigenvalue weighted by atomic mass is 79.9. The van der Waals surface area contributed by atoms with Crippen LogP contribution in [0.25, 0.3) is 0 Å². The molecule has 126 valence electrons. The molecule has 0 radical (unpaired) electrons. The summed E-state index contributed by atoms with van der Waals surface area (Å²) in [5, 5.41) is 14.3. The van der Waals surface area contributed by atoms with E-state index >= 15 is 0 Å². The smallest absolute Gasteiger partial charge is 0.253 e. The summed E-state index contributed by atoms with van der Waals surface area (Å²) in [5.74, 6) is -1.51. The number of hydrogen-bond donors (Lipinski definition) is 1. The second kappa shape index (κ2) is 6.04. The fraction of sp³-hybridized carbons (Fsp3) is 0.158. The van der Waals surface area contributed by atoms with Gasteiger partial charge in [0, 0.05) is 39.4 Å². The highest BCUT2D eigenvalue weighted by Gasteiger charge is 2.39. The van der Waals surface area contributed by atoms with Crippen molar-refractivity contribution in [2.75, 3.05) is 11.9 Å². The Morgan fingerprint density at radius 1 is 1.24 bits per heavy atom. The molecule has 0 fully saturated rings. The van der Waals surface area contributed by atoms with Gasteiger partial charge in [-0.2, -0.15) is 0 Å². The van der Waals surface area contributed by atoms with Crippen molar-refractivity contribution >= 4 is 33.5 Å². The van der Waals surface area contributed by atoms with Gasteiger partial charge in [-0.25, -0.2) is 0 Å². The molecule has 4 rings (SSSR count). The lowest BCUT2D eigenvalue weighted by Gasteiger charge is -2.29. The van der Waals surface area contributed by atoms with Crippen LogP contribution in [-0.4, -0.2) is 23.3 Å². The Balaban J connectivity index is 1.90.